The van der Waals surface area contributed by atoms with E-state index in [0.29, 0.717) is 25.2 Å². The van der Waals surface area contributed by atoms with Crippen LogP contribution in [0.2, 0.25) is 0 Å². The lowest BCUT2D eigenvalue weighted by molar-refractivity contribution is 0.146. The summed E-state index contributed by atoms with van der Waals surface area (Å²) in [5.74, 6) is 0. The third kappa shape index (κ3) is 4.52. The molecule has 0 saturated heterocycles. The molecule has 0 saturated carbocycles. The van der Waals surface area contributed by atoms with E-state index in [-0.39, 0.29) is 17.1 Å². The molecule has 0 heterocycles. The van der Waals surface area contributed by atoms with Gasteiger partial charge < -0.3 is 10.5 Å². The van der Waals surface area contributed by atoms with Gasteiger partial charge in [0, 0.05) is 19.8 Å². The Hall–Kier alpha value is -1.62. The Bertz CT molecular complexity index is 564. The summed E-state index contributed by atoms with van der Waals surface area (Å²) in [5.41, 5.74) is 6.03. The molecule has 3 N–H and O–H groups in total. The highest BCUT2D eigenvalue weighted by molar-refractivity contribution is 7.89. The standard InChI is InChI=1S/C12H17N3O3S/c1-2-18-7-3-6-15-19(16,17)12-5-4-10(9-13)8-11(12)14/h4-5,8,15H,2-3,6-7,14H2,1H3. The van der Waals surface area contributed by atoms with Crippen molar-refractivity contribution in [1.82, 2.24) is 4.72 Å². The number of sulfonamides is 1. The van der Waals surface area contributed by atoms with E-state index in [4.69, 9.17) is 15.7 Å². The fourth-order valence-corrected chi connectivity index (χ4v) is 2.65. The fraction of sp³-hybridized carbons (Fsp3) is 0.417. The number of rotatable bonds is 7. The lowest BCUT2D eigenvalue weighted by atomic mass is 10.2. The van der Waals surface area contributed by atoms with Crippen LogP contribution in [0.4, 0.5) is 5.69 Å². The fourth-order valence-electron chi connectivity index (χ4n) is 1.47. The molecule has 0 amide bonds. The molecule has 0 radical (unpaired) electrons. The van der Waals surface area contributed by atoms with Crippen LogP contribution in [0.3, 0.4) is 0 Å². The van der Waals surface area contributed by atoms with Crippen molar-refractivity contribution >= 4 is 15.7 Å². The molecule has 0 atom stereocenters. The van der Waals surface area contributed by atoms with Gasteiger partial charge in [0.15, 0.2) is 0 Å². The van der Waals surface area contributed by atoms with E-state index in [1.54, 1.807) is 0 Å². The Morgan fingerprint density at radius 1 is 1.47 bits per heavy atom. The summed E-state index contributed by atoms with van der Waals surface area (Å²) in [7, 11) is -3.64. The molecular weight excluding hydrogens is 266 g/mol. The molecule has 0 spiro atoms. The number of nitriles is 1. The Morgan fingerprint density at radius 2 is 2.21 bits per heavy atom. The monoisotopic (exact) mass is 283 g/mol. The maximum atomic E-state index is 12.0. The van der Waals surface area contributed by atoms with Gasteiger partial charge in [0.25, 0.3) is 0 Å². The first kappa shape index (κ1) is 15.4. The van der Waals surface area contributed by atoms with Gasteiger partial charge in [-0.15, -0.1) is 0 Å². The first-order chi connectivity index (χ1) is 9.01. The number of benzene rings is 1. The van der Waals surface area contributed by atoms with E-state index in [0.717, 1.165) is 0 Å². The molecule has 0 aromatic heterocycles. The normalized spacial score (nSPS) is 11.2. The van der Waals surface area contributed by atoms with Gasteiger partial charge in [0.2, 0.25) is 10.0 Å². The summed E-state index contributed by atoms with van der Waals surface area (Å²) >= 11 is 0. The summed E-state index contributed by atoms with van der Waals surface area (Å²) in [6.07, 6.45) is 0.587. The van der Waals surface area contributed by atoms with Crippen LogP contribution in [-0.2, 0) is 14.8 Å². The molecular formula is C12H17N3O3S. The zero-order valence-corrected chi connectivity index (χ0v) is 11.5. The SMILES string of the molecule is CCOCCCNS(=O)(=O)c1ccc(C#N)cc1N. The van der Waals surface area contributed by atoms with Crippen LogP contribution in [-0.4, -0.2) is 28.2 Å². The van der Waals surface area contributed by atoms with Crippen molar-refractivity contribution in [2.45, 2.75) is 18.2 Å². The van der Waals surface area contributed by atoms with E-state index in [9.17, 15) is 8.42 Å². The Balaban J connectivity index is 2.70. The second kappa shape index (κ2) is 7.09. The molecule has 1 rings (SSSR count). The topological polar surface area (TPSA) is 105 Å². The number of nitrogens with two attached hydrogens (primary N) is 1. The predicted molar refractivity (Wildman–Crippen MR) is 71.9 cm³/mol. The minimum atomic E-state index is -3.64. The number of nitrogen functional groups attached to an aromatic ring is 1. The van der Waals surface area contributed by atoms with Gasteiger partial charge >= 0.3 is 0 Å². The van der Waals surface area contributed by atoms with Gasteiger partial charge in [-0.05, 0) is 31.5 Å². The number of hydrogen-bond donors (Lipinski definition) is 2. The van der Waals surface area contributed by atoms with E-state index < -0.39 is 10.0 Å². The average molecular weight is 283 g/mol. The number of nitrogens with one attached hydrogen (secondary N) is 1. The second-order valence-electron chi connectivity index (χ2n) is 3.81. The highest BCUT2D eigenvalue weighted by Crippen LogP contribution is 2.19. The zero-order chi connectivity index (χ0) is 14.3. The Labute approximate surface area is 113 Å². The zero-order valence-electron chi connectivity index (χ0n) is 10.7. The quantitative estimate of drug-likeness (QED) is 0.570. The highest BCUT2D eigenvalue weighted by Gasteiger charge is 2.16. The molecule has 0 aliphatic rings. The summed E-state index contributed by atoms with van der Waals surface area (Å²) in [4.78, 5) is -0.0112. The highest BCUT2D eigenvalue weighted by atomic mass is 32.2. The first-order valence-corrected chi connectivity index (χ1v) is 7.36. The van der Waals surface area contributed by atoms with Crippen molar-refractivity contribution in [3.63, 3.8) is 0 Å². The van der Waals surface area contributed by atoms with Crippen molar-refractivity contribution in [3.05, 3.63) is 23.8 Å². The minimum absolute atomic E-state index is 0.0112. The first-order valence-electron chi connectivity index (χ1n) is 5.88. The van der Waals surface area contributed by atoms with Crippen LogP contribution in [0.15, 0.2) is 23.1 Å². The van der Waals surface area contributed by atoms with E-state index in [1.165, 1.54) is 18.2 Å². The van der Waals surface area contributed by atoms with Gasteiger partial charge in [-0.2, -0.15) is 5.26 Å². The number of ether oxygens (including phenoxy) is 1. The predicted octanol–water partition coefficient (Wildman–Crippen LogP) is 0.845. The van der Waals surface area contributed by atoms with Crippen LogP contribution in [0, 0.1) is 11.3 Å². The third-order valence-electron chi connectivity index (χ3n) is 2.39. The Morgan fingerprint density at radius 3 is 2.79 bits per heavy atom. The van der Waals surface area contributed by atoms with Gasteiger partial charge in [-0.25, -0.2) is 13.1 Å². The van der Waals surface area contributed by atoms with Crippen LogP contribution < -0.4 is 10.5 Å². The maximum Gasteiger partial charge on any atom is 0.242 e. The summed E-state index contributed by atoms with van der Waals surface area (Å²) < 4.78 is 31.5. The average Bonchev–Trinajstić information content (AvgIpc) is 2.37. The molecule has 0 unspecified atom stereocenters. The summed E-state index contributed by atoms with van der Waals surface area (Å²) in [5, 5.41) is 8.70. The van der Waals surface area contributed by atoms with Crippen LogP contribution in [0.5, 0.6) is 0 Å². The van der Waals surface area contributed by atoms with Crippen molar-refractivity contribution < 1.29 is 13.2 Å². The molecule has 0 fully saturated rings. The minimum Gasteiger partial charge on any atom is -0.398 e. The van der Waals surface area contributed by atoms with Crippen LogP contribution >= 0.6 is 0 Å². The molecule has 19 heavy (non-hydrogen) atoms. The van der Waals surface area contributed by atoms with Gasteiger partial charge in [0.05, 0.1) is 17.3 Å². The van der Waals surface area contributed by atoms with E-state index >= 15 is 0 Å². The molecule has 6 nitrogen and oxygen atoms in total. The molecule has 104 valence electrons. The van der Waals surface area contributed by atoms with Gasteiger partial charge in [-0.1, -0.05) is 0 Å². The van der Waals surface area contributed by atoms with E-state index in [2.05, 4.69) is 4.72 Å². The second-order valence-corrected chi connectivity index (χ2v) is 5.55. The summed E-state index contributed by atoms with van der Waals surface area (Å²) in [6.45, 7) is 3.26. The number of anilines is 1. The number of hydrogen-bond acceptors (Lipinski definition) is 5. The van der Waals surface area contributed by atoms with Gasteiger partial charge in [-0.3, -0.25) is 0 Å². The Kier molecular flexibility index (Phi) is 5.76. The molecule has 1 aromatic rings. The number of nitrogens with zero attached hydrogens (tertiary/aromatic N) is 1. The lowest BCUT2D eigenvalue weighted by Crippen LogP contribution is -2.26. The van der Waals surface area contributed by atoms with Crippen molar-refractivity contribution in [1.29, 1.82) is 5.26 Å². The van der Waals surface area contributed by atoms with Gasteiger partial charge in [0.1, 0.15) is 4.90 Å². The largest absolute Gasteiger partial charge is 0.398 e. The smallest absolute Gasteiger partial charge is 0.242 e. The molecule has 1 aromatic carbocycles. The molecule has 0 aliphatic carbocycles. The molecule has 7 heteroatoms. The molecule has 0 aliphatic heterocycles. The van der Waals surface area contributed by atoms with Crippen molar-refractivity contribution in [2.24, 2.45) is 0 Å². The summed E-state index contributed by atoms with van der Waals surface area (Å²) in [6, 6.07) is 6.00. The lowest BCUT2D eigenvalue weighted by Gasteiger charge is -2.09. The van der Waals surface area contributed by atoms with E-state index in [1.807, 2.05) is 13.0 Å². The van der Waals surface area contributed by atoms with Crippen molar-refractivity contribution in [3.8, 4) is 6.07 Å². The maximum absolute atomic E-state index is 12.0. The molecule has 0 bridgehead atoms. The van der Waals surface area contributed by atoms with Crippen LogP contribution in [0.1, 0.15) is 18.9 Å². The van der Waals surface area contributed by atoms with Crippen molar-refractivity contribution in [2.75, 3.05) is 25.5 Å². The van der Waals surface area contributed by atoms with Crippen LogP contribution in [0.25, 0.3) is 0 Å². The third-order valence-corrected chi connectivity index (χ3v) is 3.93.